The molecule has 20 heavy (non-hydrogen) atoms. The first-order valence-corrected chi connectivity index (χ1v) is 7.73. The van der Waals surface area contributed by atoms with Crippen molar-refractivity contribution in [2.75, 3.05) is 19.0 Å². The van der Waals surface area contributed by atoms with E-state index >= 15 is 0 Å². The van der Waals surface area contributed by atoms with Crippen LogP contribution in [0.4, 0.5) is 5.69 Å². The molecule has 0 bridgehead atoms. The number of hydrogen-bond acceptors (Lipinski definition) is 3. The highest BCUT2D eigenvalue weighted by Crippen LogP contribution is 2.27. The number of amides is 1. The van der Waals surface area contributed by atoms with Gasteiger partial charge in [-0.3, -0.25) is 4.79 Å². The van der Waals surface area contributed by atoms with Gasteiger partial charge in [-0.2, -0.15) is 0 Å². The zero-order valence-electron chi connectivity index (χ0n) is 12.1. The lowest BCUT2D eigenvalue weighted by atomic mass is 9.96. The molecule has 1 atom stereocenters. The number of nitrogens with one attached hydrogen (secondary N) is 1. The summed E-state index contributed by atoms with van der Waals surface area (Å²) in [5.41, 5.74) is 6.30. The Hall–Kier alpha value is -1.07. The number of halogens is 1. The zero-order valence-corrected chi connectivity index (χ0v) is 13.7. The summed E-state index contributed by atoms with van der Waals surface area (Å²) >= 11 is 3.42. The number of carbonyl (C=O) groups excluding carboxylic acids is 1. The van der Waals surface area contributed by atoms with Crippen LogP contribution in [0.5, 0.6) is 5.75 Å². The van der Waals surface area contributed by atoms with Gasteiger partial charge in [-0.05, 0) is 53.4 Å². The zero-order chi connectivity index (χ0) is 15.0. The molecule has 0 aromatic heterocycles. The van der Waals surface area contributed by atoms with E-state index in [9.17, 15) is 4.79 Å². The molecule has 4 nitrogen and oxygen atoms in total. The number of hydrogen-bond donors (Lipinski definition) is 2. The van der Waals surface area contributed by atoms with Crippen molar-refractivity contribution < 1.29 is 9.53 Å². The van der Waals surface area contributed by atoms with Crippen LogP contribution in [-0.2, 0) is 4.79 Å². The van der Waals surface area contributed by atoms with Crippen LogP contribution in [0.3, 0.4) is 0 Å². The topological polar surface area (TPSA) is 64.4 Å². The largest absolute Gasteiger partial charge is 0.497 e. The van der Waals surface area contributed by atoms with Crippen LogP contribution in [0.1, 0.15) is 32.6 Å². The predicted molar refractivity (Wildman–Crippen MR) is 86.0 cm³/mol. The number of methoxy groups -OCH3 is 1. The first-order valence-electron chi connectivity index (χ1n) is 6.94. The van der Waals surface area contributed by atoms with Crippen molar-refractivity contribution in [1.82, 2.24) is 0 Å². The Morgan fingerprint density at radius 3 is 2.80 bits per heavy atom. The molecule has 1 unspecified atom stereocenters. The Morgan fingerprint density at radius 2 is 2.20 bits per heavy atom. The van der Waals surface area contributed by atoms with Crippen molar-refractivity contribution in [2.45, 2.75) is 32.6 Å². The van der Waals surface area contributed by atoms with Gasteiger partial charge in [0.1, 0.15) is 5.75 Å². The van der Waals surface area contributed by atoms with Crippen molar-refractivity contribution in [3.8, 4) is 5.75 Å². The van der Waals surface area contributed by atoms with Gasteiger partial charge in [0.2, 0.25) is 5.91 Å². The molecular weight excluding hydrogens is 320 g/mol. The maximum Gasteiger partial charge on any atom is 0.224 e. The third-order valence-electron chi connectivity index (χ3n) is 3.38. The van der Waals surface area contributed by atoms with E-state index in [1.165, 1.54) is 0 Å². The minimum atomic E-state index is 0.0226. The summed E-state index contributed by atoms with van der Waals surface area (Å²) in [6.07, 6.45) is 3.43. The quantitative estimate of drug-likeness (QED) is 0.759. The second-order valence-electron chi connectivity index (χ2n) is 4.78. The van der Waals surface area contributed by atoms with E-state index in [0.29, 0.717) is 18.9 Å². The molecule has 0 saturated carbocycles. The van der Waals surface area contributed by atoms with E-state index < -0.39 is 0 Å². The van der Waals surface area contributed by atoms with Gasteiger partial charge in [0.05, 0.1) is 12.8 Å². The summed E-state index contributed by atoms with van der Waals surface area (Å²) in [6.45, 7) is 2.82. The molecule has 1 rings (SSSR count). The lowest BCUT2D eigenvalue weighted by Crippen LogP contribution is -2.15. The predicted octanol–water partition coefficient (Wildman–Crippen LogP) is 3.55. The van der Waals surface area contributed by atoms with Crippen LogP contribution in [0.2, 0.25) is 0 Å². The van der Waals surface area contributed by atoms with E-state index in [0.717, 1.165) is 35.2 Å². The Labute approximate surface area is 129 Å². The van der Waals surface area contributed by atoms with Gasteiger partial charge in [0.25, 0.3) is 0 Å². The van der Waals surface area contributed by atoms with Gasteiger partial charge in [-0.1, -0.05) is 13.3 Å². The Morgan fingerprint density at radius 1 is 1.45 bits per heavy atom. The lowest BCUT2D eigenvalue weighted by Gasteiger charge is -2.14. The summed E-state index contributed by atoms with van der Waals surface area (Å²) in [4.78, 5) is 12.0. The molecule has 3 N–H and O–H groups in total. The van der Waals surface area contributed by atoms with Crippen molar-refractivity contribution in [1.29, 1.82) is 0 Å². The van der Waals surface area contributed by atoms with Gasteiger partial charge >= 0.3 is 0 Å². The average Bonchev–Trinajstić information content (AvgIpc) is 2.45. The van der Waals surface area contributed by atoms with E-state index in [4.69, 9.17) is 10.5 Å². The third kappa shape index (κ3) is 5.51. The summed E-state index contributed by atoms with van der Waals surface area (Å²) in [5, 5.41) is 2.91. The first kappa shape index (κ1) is 17.0. The Balaban J connectivity index is 2.53. The molecule has 1 aromatic rings. The van der Waals surface area contributed by atoms with Crippen LogP contribution in [0.25, 0.3) is 0 Å². The molecule has 0 aliphatic heterocycles. The highest BCUT2D eigenvalue weighted by molar-refractivity contribution is 9.10. The van der Waals surface area contributed by atoms with E-state index in [-0.39, 0.29) is 5.91 Å². The number of benzene rings is 1. The second-order valence-corrected chi connectivity index (χ2v) is 5.64. The Kier molecular flexibility index (Phi) is 7.62. The smallest absolute Gasteiger partial charge is 0.224 e. The fraction of sp³-hybridized carbons (Fsp3) is 0.533. The summed E-state index contributed by atoms with van der Waals surface area (Å²) in [7, 11) is 1.60. The fourth-order valence-corrected chi connectivity index (χ4v) is 2.41. The fourth-order valence-electron chi connectivity index (χ4n) is 2.06. The minimum absolute atomic E-state index is 0.0226. The van der Waals surface area contributed by atoms with E-state index in [1.807, 2.05) is 12.1 Å². The van der Waals surface area contributed by atoms with Crippen LogP contribution < -0.4 is 15.8 Å². The van der Waals surface area contributed by atoms with Crippen molar-refractivity contribution >= 4 is 27.5 Å². The SMILES string of the molecule is CCC(CCN)CCC(=O)Nc1cc(OC)ccc1Br. The monoisotopic (exact) mass is 342 g/mol. The maximum absolute atomic E-state index is 12.0. The van der Waals surface area contributed by atoms with Crippen molar-refractivity contribution in [3.05, 3.63) is 22.7 Å². The number of carbonyl (C=O) groups is 1. The van der Waals surface area contributed by atoms with Crippen molar-refractivity contribution in [2.24, 2.45) is 11.7 Å². The molecule has 0 heterocycles. The maximum atomic E-state index is 12.0. The van der Waals surface area contributed by atoms with Gasteiger partial charge in [-0.25, -0.2) is 0 Å². The molecule has 1 amide bonds. The van der Waals surface area contributed by atoms with Crippen LogP contribution in [-0.4, -0.2) is 19.6 Å². The van der Waals surface area contributed by atoms with Crippen LogP contribution in [0.15, 0.2) is 22.7 Å². The highest BCUT2D eigenvalue weighted by Gasteiger charge is 2.11. The standard InChI is InChI=1S/C15H23BrN2O2/c1-3-11(8-9-17)4-7-15(19)18-14-10-12(20-2)5-6-13(14)16/h5-6,10-11H,3-4,7-9,17H2,1-2H3,(H,18,19). The van der Waals surface area contributed by atoms with E-state index in [1.54, 1.807) is 13.2 Å². The van der Waals surface area contributed by atoms with Gasteiger partial charge in [-0.15, -0.1) is 0 Å². The molecule has 0 aliphatic rings. The van der Waals surface area contributed by atoms with Crippen molar-refractivity contribution in [3.63, 3.8) is 0 Å². The third-order valence-corrected chi connectivity index (χ3v) is 4.07. The van der Waals surface area contributed by atoms with Gasteiger partial charge in [0, 0.05) is 17.0 Å². The molecule has 5 heteroatoms. The van der Waals surface area contributed by atoms with Crippen LogP contribution in [0, 0.1) is 5.92 Å². The molecule has 0 saturated heterocycles. The summed E-state index contributed by atoms with van der Waals surface area (Å²) in [5.74, 6) is 1.27. The normalized spacial score (nSPS) is 12.0. The molecular formula is C15H23BrN2O2. The molecule has 1 aromatic carbocycles. The summed E-state index contributed by atoms with van der Waals surface area (Å²) < 4.78 is 6.00. The number of rotatable bonds is 8. The number of ether oxygens (including phenoxy) is 1. The average molecular weight is 343 g/mol. The second kappa shape index (κ2) is 8.97. The number of nitrogens with two attached hydrogens (primary N) is 1. The molecule has 0 radical (unpaired) electrons. The van der Waals surface area contributed by atoms with Crippen LogP contribution >= 0.6 is 15.9 Å². The highest BCUT2D eigenvalue weighted by atomic mass is 79.9. The molecule has 0 fully saturated rings. The molecule has 0 aliphatic carbocycles. The number of anilines is 1. The molecule has 0 spiro atoms. The van der Waals surface area contributed by atoms with E-state index in [2.05, 4.69) is 28.2 Å². The summed E-state index contributed by atoms with van der Waals surface area (Å²) in [6, 6.07) is 5.50. The first-order chi connectivity index (χ1) is 9.60. The molecule has 112 valence electrons. The van der Waals surface area contributed by atoms with Gasteiger partial charge in [0.15, 0.2) is 0 Å². The van der Waals surface area contributed by atoms with Gasteiger partial charge < -0.3 is 15.8 Å². The Bertz CT molecular complexity index is 438. The minimum Gasteiger partial charge on any atom is -0.497 e. The lowest BCUT2D eigenvalue weighted by molar-refractivity contribution is -0.116.